The Morgan fingerprint density at radius 1 is 1.69 bits per heavy atom. The molecule has 0 fully saturated rings. The number of hydrogen-bond acceptors (Lipinski definition) is 3. The second kappa shape index (κ2) is 3.86. The number of carbonyl (C=O) groups is 1. The fourth-order valence-corrected chi connectivity index (χ4v) is 1.26. The molecule has 2 rings (SSSR count). The highest BCUT2D eigenvalue weighted by Gasteiger charge is 2.14. The Bertz CT molecular complexity index is 746. The molecule has 2 aromatic rings. The minimum Gasteiger partial charge on any atom is -0.508 e. The van der Waals surface area contributed by atoms with Crippen LogP contribution >= 0.6 is 0 Å². The van der Waals surface area contributed by atoms with Crippen molar-refractivity contribution in [2.45, 2.75) is 12.4 Å². The number of aromatic amines is 1. The molecule has 1 aromatic heterocycles. The average molecular weight is 226 g/mol. The van der Waals surface area contributed by atoms with E-state index in [4.69, 9.17) is 17.7 Å². The van der Waals surface area contributed by atoms with Crippen LogP contribution in [0.4, 0.5) is 0 Å². The van der Waals surface area contributed by atoms with Gasteiger partial charge in [0.25, 0.3) is 0 Å². The maximum absolute atomic E-state index is 10.9. The molecule has 0 aliphatic rings. The summed E-state index contributed by atoms with van der Waals surface area (Å²) in [6, 6.07) is -3.18. The summed E-state index contributed by atoms with van der Waals surface area (Å²) in [6.45, 7) is 0. The number of carboxylic acids is 1. The van der Waals surface area contributed by atoms with E-state index in [1.165, 1.54) is 0 Å². The summed E-state index contributed by atoms with van der Waals surface area (Å²) in [4.78, 5) is 13.3. The molecule has 0 aliphatic heterocycles. The molecule has 5 nitrogen and oxygen atoms in total. The first-order valence-corrected chi connectivity index (χ1v) is 4.40. The Labute approximate surface area is 98.5 Å². The van der Waals surface area contributed by atoms with Crippen LogP contribution in [-0.4, -0.2) is 27.2 Å². The average Bonchev–Trinajstić information content (AvgIpc) is 2.78. The van der Waals surface area contributed by atoms with Gasteiger partial charge >= 0.3 is 5.97 Å². The van der Waals surface area contributed by atoms with Crippen LogP contribution in [0.3, 0.4) is 0 Å². The van der Waals surface area contributed by atoms with Crippen LogP contribution in [0, 0.1) is 0 Å². The zero-order valence-corrected chi connectivity index (χ0v) is 8.03. The zero-order chi connectivity index (χ0) is 16.1. The molecule has 0 spiro atoms. The van der Waals surface area contributed by atoms with Crippen LogP contribution in [0.5, 0.6) is 5.75 Å². The van der Waals surface area contributed by atoms with E-state index in [1.54, 1.807) is 0 Å². The second-order valence-corrected chi connectivity index (χ2v) is 3.17. The number of hydrogen-bond donors (Lipinski definition) is 4. The van der Waals surface area contributed by atoms with Gasteiger partial charge < -0.3 is 20.9 Å². The molecule has 5 heteroatoms. The first-order valence-electron chi connectivity index (χ1n) is 6.97. The van der Waals surface area contributed by atoms with Gasteiger partial charge in [0.15, 0.2) is 0 Å². The lowest BCUT2D eigenvalue weighted by Gasteiger charge is -2.04. The summed E-state index contributed by atoms with van der Waals surface area (Å²) in [7, 11) is 0. The van der Waals surface area contributed by atoms with Crippen molar-refractivity contribution in [3.05, 3.63) is 29.9 Å². The van der Waals surface area contributed by atoms with Crippen molar-refractivity contribution in [2.24, 2.45) is 5.73 Å². The number of benzene rings is 1. The summed E-state index contributed by atoms with van der Waals surface area (Å²) in [5.74, 6) is -2.20. The highest BCUT2D eigenvalue weighted by Crippen LogP contribution is 2.23. The fraction of sp³-hybridized carbons (Fsp3) is 0.182. The summed E-state index contributed by atoms with van der Waals surface area (Å²) >= 11 is 0. The topological polar surface area (TPSA) is 99.3 Å². The molecule has 2 atom stereocenters. The van der Waals surface area contributed by atoms with Crippen LogP contribution in [0.25, 0.3) is 10.9 Å². The maximum atomic E-state index is 10.9. The molecular formula is C11H12N2O3. The Kier molecular flexibility index (Phi) is 1.43. The smallest absolute Gasteiger partial charge is 0.320 e. The van der Waals surface area contributed by atoms with Gasteiger partial charge in [0.1, 0.15) is 11.8 Å². The van der Waals surface area contributed by atoms with Crippen LogP contribution in [-0.2, 0) is 11.2 Å². The van der Waals surface area contributed by atoms with Crippen LogP contribution in [0.1, 0.15) is 12.4 Å². The lowest BCUT2D eigenvalue weighted by atomic mass is 10.2. The summed E-state index contributed by atoms with van der Waals surface area (Å²) in [5.41, 5.74) is 5.12. The molecule has 0 bridgehead atoms. The quantitative estimate of drug-likeness (QED) is 0.622. The first kappa shape index (κ1) is 5.91. The minimum atomic E-state index is -1.63. The lowest BCUT2D eigenvalue weighted by molar-refractivity contribution is -0.138. The molecule has 0 amide bonds. The third-order valence-electron chi connectivity index (χ3n) is 2.02. The Morgan fingerprint density at radius 3 is 3.12 bits per heavy atom. The van der Waals surface area contributed by atoms with E-state index in [0.29, 0.717) is 0 Å². The Hall–Kier alpha value is -2.01. The number of carboxylic acid groups (broad SMARTS) is 1. The number of phenolic OH excluding ortho intramolecular Hbond substituents is 1. The summed E-state index contributed by atoms with van der Waals surface area (Å²) < 4.78 is 38.6. The van der Waals surface area contributed by atoms with Crippen LogP contribution in [0.15, 0.2) is 24.3 Å². The van der Waals surface area contributed by atoms with Gasteiger partial charge in [-0.2, -0.15) is 0 Å². The molecule has 0 saturated carbocycles. The number of rotatable bonds is 3. The van der Waals surface area contributed by atoms with Gasteiger partial charge in [-0.1, -0.05) is 0 Å². The first-order chi connectivity index (χ1) is 9.68. The van der Waals surface area contributed by atoms with Gasteiger partial charge in [0.05, 0.1) is 5.48 Å². The largest absolute Gasteiger partial charge is 0.508 e. The number of nitrogens with one attached hydrogen (secondary N) is 1. The lowest BCUT2D eigenvalue weighted by Crippen LogP contribution is -2.32. The number of H-pyrrole nitrogens is 1. The SMILES string of the molecule is [2H]c1c(O)c([2H])c2c([nH]c([2H])[13c]2C([2H])[C@H](N)C(=O)O)c1[2H]. The van der Waals surface area contributed by atoms with Gasteiger partial charge in [-0.05, 0) is 23.7 Å². The fourth-order valence-electron chi connectivity index (χ4n) is 1.26. The third-order valence-corrected chi connectivity index (χ3v) is 2.02. The van der Waals surface area contributed by atoms with Crippen molar-refractivity contribution in [1.82, 2.24) is 4.98 Å². The standard InChI is InChI=1S/C11H12N2O3/c12-9(11(15)16)3-6-5-13-10-2-1-7(14)4-8(6)10/h1-2,4-5,9,13-14H,3,12H2,(H,15,16)/t9-/m0/s1/i1D,2D,3D,4D,5D,6+1/t3?,9-. The predicted octanol–water partition coefficient (Wildman–Crippen LogP) is 0.828. The van der Waals surface area contributed by atoms with Crippen molar-refractivity contribution in [1.29, 1.82) is 0 Å². The van der Waals surface area contributed by atoms with Gasteiger partial charge in [0, 0.05) is 24.8 Å². The van der Waals surface area contributed by atoms with E-state index in [2.05, 4.69) is 4.98 Å². The molecule has 0 aliphatic carbocycles. The highest BCUT2D eigenvalue weighted by atomic mass is 16.4. The van der Waals surface area contributed by atoms with Gasteiger partial charge in [-0.15, -0.1) is 0 Å². The third kappa shape index (κ3) is 1.85. The number of nitrogens with two attached hydrogens (primary N) is 1. The van der Waals surface area contributed by atoms with Crippen LogP contribution in [0.2, 0.25) is 0 Å². The Morgan fingerprint density at radius 2 is 2.44 bits per heavy atom. The highest BCUT2D eigenvalue weighted by molar-refractivity contribution is 5.85. The van der Waals surface area contributed by atoms with Crippen molar-refractivity contribution < 1.29 is 21.9 Å². The zero-order valence-electron chi connectivity index (χ0n) is 13.0. The van der Waals surface area contributed by atoms with Crippen molar-refractivity contribution in [3.8, 4) is 5.75 Å². The number of aromatic hydroxyl groups is 1. The summed E-state index contributed by atoms with van der Waals surface area (Å²) in [6.07, 6.45) is -1.92. The monoisotopic (exact) mass is 226 g/mol. The van der Waals surface area contributed by atoms with Gasteiger partial charge in [-0.3, -0.25) is 4.79 Å². The van der Waals surface area contributed by atoms with E-state index in [1.807, 2.05) is 0 Å². The summed E-state index contributed by atoms with van der Waals surface area (Å²) in [5, 5.41) is 18.4. The van der Waals surface area contributed by atoms with Gasteiger partial charge in [0.2, 0.25) is 0 Å². The number of phenols is 1. The second-order valence-electron chi connectivity index (χ2n) is 3.17. The molecule has 84 valence electrons. The number of aliphatic carboxylic acids is 1. The molecule has 0 radical (unpaired) electrons. The normalized spacial score (nSPS) is 19.2. The number of aromatic nitrogens is 1. The van der Waals surface area contributed by atoms with E-state index < -0.39 is 42.3 Å². The number of fused-ring (bicyclic) bond motifs is 1. The van der Waals surface area contributed by atoms with Crippen molar-refractivity contribution >= 4 is 16.9 Å². The Balaban J connectivity index is 2.82. The van der Waals surface area contributed by atoms with E-state index in [9.17, 15) is 9.90 Å². The molecule has 5 N–H and O–H groups in total. The molecule has 16 heavy (non-hydrogen) atoms. The maximum Gasteiger partial charge on any atom is 0.320 e. The molecular weight excluding hydrogens is 209 g/mol. The molecule has 1 unspecified atom stereocenters. The van der Waals surface area contributed by atoms with Crippen molar-refractivity contribution in [3.63, 3.8) is 0 Å². The molecule has 0 saturated heterocycles. The van der Waals surface area contributed by atoms with E-state index in [-0.39, 0.29) is 22.6 Å². The molecule has 1 aromatic carbocycles. The van der Waals surface area contributed by atoms with Crippen LogP contribution < -0.4 is 5.73 Å². The van der Waals surface area contributed by atoms with Crippen molar-refractivity contribution in [2.75, 3.05) is 0 Å². The minimum absolute atomic E-state index is 0.0716. The predicted molar refractivity (Wildman–Crippen MR) is 59.3 cm³/mol. The van der Waals surface area contributed by atoms with Gasteiger partial charge in [-0.25, -0.2) is 0 Å². The van der Waals surface area contributed by atoms with E-state index >= 15 is 0 Å². The van der Waals surface area contributed by atoms with E-state index in [0.717, 1.165) is 0 Å². The molecule has 1 heterocycles.